The third-order valence-electron chi connectivity index (χ3n) is 3.01. The maximum absolute atomic E-state index is 10.7. The van der Waals surface area contributed by atoms with E-state index in [-0.39, 0.29) is 11.8 Å². The second-order valence-electron chi connectivity index (χ2n) is 4.84. The van der Waals surface area contributed by atoms with Crippen LogP contribution in [0, 0.1) is 11.8 Å². The summed E-state index contributed by atoms with van der Waals surface area (Å²) < 4.78 is 5.30. The van der Waals surface area contributed by atoms with Crippen LogP contribution in [0.15, 0.2) is 0 Å². The molecule has 3 N–H and O–H groups in total. The zero-order chi connectivity index (χ0) is 12.7. The minimum atomic E-state index is -0.260. The smallest absolute Gasteiger partial charge is 0.217 e. The SMILES string of the molecule is C[C@H](CC(N)=O)CC(=S)NCC1CCOCC1. The van der Waals surface area contributed by atoms with Crippen molar-refractivity contribution in [2.24, 2.45) is 17.6 Å². The Morgan fingerprint density at radius 2 is 2.12 bits per heavy atom. The van der Waals surface area contributed by atoms with Gasteiger partial charge < -0.3 is 15.8 Å². The Kier molecular flexibility index (Phi) is 6.44. The van der Waals surface area contributed by atoms with E-state index in [9.17, 15) is 4.79 Å². The Morgan fingerprint density at radius 3 is 2.71 bits per heavy atom. The zero-order valence-corrected chi connectivity index (χ0v) is 11.2. The van der Waals surface area contributed by atoms with E-state index in [2.05, 4.69) is 5.32 Å². The molecule has 0 unspecified atom stereocenters. The molecule has 17 heavy (non-hydrogen) atoms. The lowest BCUT2D eigenvalue weighted by Crippen LogP contribution is -2.32. The van der Waals surface area contributed by atoms with Crippen molar-refractivity contribution < 1.29 is 9.53 Å². The molecule has 5 heteroatoms. The maximum atomic E-state index is 10.7. The number of nitrogens with one attached hydrogen (secondary N) is 1. The zero-order valence-electron chi connectivity index (χ0n) is 10.4. The fourth-order valence-electron chi connectivity index (χ4n) is 2.01. The van der Waals surface area contributed by atoms with E-state index in [0.717, 1.165) is 44.0 Å². The van der Waals surface area contributed by atoms with Crippen LogP contribution < -0.4 is 11.1 Å². The molecule has 1 atom stereocenters. The van der Waals surface area contributed by atoms with Gasteiger partial charge in [0.1, 0.15) is 0 Å². The molecule has 1 heterocycles. The fourth-order valence-corrected chi connectivity index (χ4v) is 2.38. The molecule has 1 aliphatic heterocycles. The van der Waals surface area contributed by atoms with E-state index >= 15 is 0 Å². The van der Waals surface area contributed by atoms with Gasteiger partial charge in [-0.3, -0.25) is 4.79 Å². The monoisotopic (exact) mass is 258 g/mol. The highest BCUT2D eigenvalue weighted by Gasteiger charge is 2.14. The van der Waals surface area contributed by atoms with E-state index < -0.39 is 0 Å². The van der Waals surface area contributed by atoms with Crippen LogP contribution in [-0.4, -0.2) is 30.7 Å². The molecule has 0 saturated carbocycles. The molecule has 1 saturated heterocycles. The highest BCUT2D eigenvalue weighted by molar-refractivity contribution is 7.80. The molecule has 1 fully saturated rings. The van der Waals surface area contributed by atoms with Crippen LogP contribution in [0.25, 0.3) is 0 Å². The van der Waals surface area contributed by atoms with Gasteiger partial charge in [-0.1, -0.05) is 19.1 Å². The first-order valence-electron chi connectivity index (χ1n) is 6.20. The lowest BCUT2D eigenvalue weighted by molar-refractivity contribution is -0.118. The lowest BCUT2D eigenvalue weighted by Gasteiger charge is -2.23. The summed E-state index contributed by atoms with van der Waals surface area (Å²) in [4.78, 5) is 11.6. The average Bonchev–Trinajstić information content (AvgIpc) is 2.26. The van der Waals surface area contributed by atoms with Gasteiger partial charge in [0.05, 0.1) is 4.99 Å². The predicted octanol–water partition coefficient (Wildman–Crippen LogP) is 1.23. The summed E-state index contributed by atoms with van der Waals surface area (Å²) in [6.45, 7) is 4.63. The van der Waals surface area contributed by atoms with E-state index in [1.807, 2.05) is 6.92 Å². The summed E-state index contributed by atoms with van der Waals surface area (Å²) in [5, 5.41) is 3.28. The van der Waals surface area contributed by atoms with Gasteiger partial charge in [-0.25, -0.2) is 0 Å². The summed E-state index contributed by atoms with van der Waals surface area (Å²) >= 11 is 5.26. The third-order valence-corrected chi connectivity index (χ3v) is 3.32. The number of amides is 1. The van der Waals surface area contributed by atoms with Gasteiger partial charge in [-0.05, 0) is 24.7 Å². The first-order chi connectivity index (χ1) is 8.08. The van der Waals surface area contributed by atoms with Crippen LogP contribution in [0.1, 0.15) is 32.6 Å². The molecule has 1 amide bonds. The summed E-state index contributed by atoms with van der Waals surface area (Å²) in [7, 11) is 0. The van der Waals surface area contributed by atoms with Gasteiger partial charge in [0.25, 0.3) is 0 Å². The Bertz CT molecular complexity index is 265. The molecule has 0 aromatic heterocycles. The van der Waals surface area contributed by atoms with E-state index in [1.54, 1.807) is 0 Å². The Hall–Kier alpha value is -0.680. The summed E-state index contributed by atoms with van der Waals surface area (Å²) in [6.07, 6.45) is 3.35. The van der Waals surface area contributed by atoms with Gasteiger partial charge in [-0.2, -0.15) is 0 Å². The Balaban J connectivity index is 2.13. The molecule has 0 aromatic rings. The summed E-state index contributed by atoms with van der Waals surface area (Å²) in [5.41, 5.74) is 5.14. The molecular weight excluding hydrogens is 236 g/mol. The van der Waals surface area contributed by atoms with Gasteiger partial charge in [0.2, 0.25) is 5.91 Å². The number of ether oxygens (including phenoxy) is 1. The van der Waals surface area contributed by atoms with Crippen LogP contribution in [0.4, 0.5) is 0 Å². The van der Waals surface area contributed by atoms with Crippen LogP contribution in [0.5, 0.6) is 0 Å². The highest BCUT2D eigenvalue weighted by atomic mass is 32.1. The summed E-state index contributed by atoms with van der Waals surface area (Å²) in [6, 6.07) is 0. The average molecular weight is 258 g/mol. The molecule has 0 aromatic carbocycles. The molecular formula is C12H22N2O2S. The van der Waals surface area contributed by atoms with Crippen molar-refractivity contribution >= 4 is 23.1 Å². The largest absolute Gasteiger partial charge is 0.381 e. The molecule has 0 spiro atoms. The van der Waals surface area contributed by atoms with Crippen molar-refractivity contribution in [3.8, 4) is 0 Å². The van der Waals surface area contributed by atoms with Crippen molar-refractivity contribution in [3.63, 3.8) is 0 Å². The first kappa shape index (κ1) is 14.4. The van der Waals surface area contributed by atoms with Crippen molar-refractivity contribution in [1.29, 1.82) is 0 Å². The Labute approximate surface area is 108 Å². The molecule has 1 aliphatic rings. The molecule has 0 bridgehead atoms. The number of thiocarbonyl (C=S) groups is 1. The van der Waals surface area contributed by atoms with Crippen molar-refractivity contribution in [2.45, 2.75) is 32.6 Å². The lowest BCUT2D eigenvalue weighted by atomic mass is 10.00. The van der Waals surface area contributed by atoms with Gasteiger partial charge in [-0.15, -0.1) is 0 Å². The molecule has 4 nitrogen and oxygen atoms in total. The van der Waals surface area contributed by atoms with Gasteiger partial charge in [0, 0.05) is 32.6 Å². The van der Waals surface area contributed by atoms with E-state index in [4.69, 9.17) is 22.7 Å². The topological polar surface area (TPSA) is 64.4 Å². The second-order valence-corrected chi connectivity index (χ2v) is 5.33. The van der Waals surface area contributed by atoms with Gasteiger partial charge in [0.15, 0.2) is 0 Å². The quantitative estimate of drug-likeness (QED) is 0.703. The maximum Gasteiger partial charge on any atom is 0.217 e. The standard InChI is InChI=1S/C12H22N2O2S/c1-9(6-11(13)15)7-12(17)14-8-10-2-4-16-5-3-10/h9-10H,2-8H2,1H3,(H2,13,15)(H,14,17)/t9-/m1/s1. The predicted molar refractivity (Wildman–Crippen MR) is 71.7 cm³/mol. The molecule has 1 rings (SSSR count). The van der Waals surface area contributed by atoms with E-state index in [1.165, 1.54) is 0 Å². The normalized spacial score (nSPS) is 18.6. The van der Waals surface area contributed by atoms with Crippen LogP contribution >= 0.6 is 12.2 Å². The molecule has 0 radical (unpaired) electrons. The van der Waals surface area contributed by atoms with Crippen LogP contribution in [-0.2, 0) is 9.53 Å². The van der Waals surface area contributed by atoms with E-state index in [0.29, 0.717) is 12.3 Å². The Morgan fingerprint density at radius 1 is 1.47 bits per heavy atom. The molecule has 98 valence electrons. The minimum Gasteiger partial charge on any atom is -0.381 e. The van der Waals surface area contributed by atoms with Crippen molar-refractivity contribution in [3.05, 3.63) is 0 Å². The third kappa shape index (κ3) is 6.58. The number of rotatable bonds is 6. The molecule has 0 aliphatic carbocycles. The number of carbonyl (C=O) groups excluding carboxylic acids is 1. The first-order valence-corrected chi connectivity index (χ1v) is 6.61. The van der Waals surface area contributed by atoms with Crippen LogP contribution in [0.3, 0.4) is 0 Å². The van der Waals surface area contributed by atoms with Crippen LogP contribution in [0.2, 0.25) is 0 Å². The second kappa shape index (κ2) is 7.61. The number of nitrogens with two attached hydrogens (primary N) is 1. The summed E-state index contributed by atoms with van der Waals surface area (Å²) in [5.74, 6) is 0.625. The number of primary amides is 1. The van der Waals surface area contributed by atoms with Crippen molar-refractivity contribution in [2.75, 3.05) is 19.8 Å². The number of hydrogen-bond donors (Lipinski definition) is 2. The number of carbonyl (C=O) groups is 1. The highest BCUT2D eigenvalue weighted by Crippen LogP contribution is 2.14. The van der Waals surface area contributed by atoms with Gasteiger partial charge >= 0.3 is 0 Å². The number of hydrogen-bond acceptors (Lipinski definition) is 3. The fraction of sp³-hybridized carbons (Fsp3) is 0.833. The minimum absolute atomic E-state index is 0.224. The van der Waals surface area contributed by atoms with Crippen molar-refractivity contribution in [1.82, 2.24) is 5.32 Å².